The zero-order chi connectivity index (χ0) is 22.5. The zero-order valence-corrected chi connectivity index (χ0v) is 17.6. The minimum atomic E-state index is -0.883. The molecule has 3 N–H and O–H groups in total. The number of benzene rings is 2. The lowest BCUT2D eigenvalue weighted by atomic mass is 9.98. The largest absolute Gasteiger partial charge is 0.481 e. The molecule has 8 nitrogen and oxygen atoms in total. The van der Waals surface area contributed by atoms with Crippen LogP contribution in [0.4, 0.5) is 4.79 Å². The van der Waals surface area contributed by atoms with E-state index >= 15 is 0 Å². The summed E-state index contributed by atoms with van der Waals surface area (Å²) in [5, 5.41) is 14.3. The van der Waals surface area contributed by atoms with Gasteiger partial charge >= 0.3 is 12.1 Å². The van der Waals surface area contributed by atoms with Crippen LogP contribution in [0.5, 0.6) is 0 Å². The van der Waals surface area contributed by atoms with E-state index in [1.165, 1.54) is 0 Å². The zero-order valence-electron chi connectivity index (χ0n) is 17.6. The molecule has 0 aromatic heterocycles. The first-order valence-corrected chi connectivity index (χ1v) is 10.7. The molecule has 2 atom stereocenters. The van der Waals surface area contributed by atoms with E-state index in [0.29, 0.717) is 6.42 Å². The summed E-state index contributed by atoms with van der Waals surface area (Å²) >= 11 is 0. The van der Waals surface area contributed by atoms with Gasteiger partial charge in [0.25, 0.3) is 0 Å². The van der Waals surface area contributed by atoms with E-state index in [4.69, 9.17) is 14.6 Å². The monoisotopic (exact) mass is 438 g/mol. The van der Waals surface area contributed by atoms with Crippen LogP contribution in [-0.4, -0.2) is 55.5 Å². The lowest BCUT2D eigenvalue weighted by Gasteiger charge is -2.15. The number of fused-ring (bicyclic) bond motifs is 3. The quantitative estimate of drug-likeness (QED) is 0.584. The molecule has 0 saturated carbocycles. The van der Waals surface area contributed by atoms with Crippen LogP contribution in [0.25, 0.3) is 11.1 Å². The predicted molar refractivity (Wildman–Crippen MR) is 116 cm³/mol. The van der Waals surface area contributed by atoms with Crippen LogP contribution in [0.2, 0.25) is 0 Å². The third kappa shape index (κ3) is 4.91. The van der Waals surface area contributed by atoms with Gasteiger partial charge in [-0.3, -0.25) is 9.59 Å². The Balaban J connectivity index is 1.18. The highest BCUT2D eigenvalue weighted by Gasteiger charge is 2.31. The number of nitrogens with one attached hydrogen (secondary N) is 2. The maximum Gasteiger partial charge on any atom is 0.407 e. The Morgan fingerprint density at radius 1 is 1.00 bits per heavy atom. The van der Waals surface area contributed by atoms with Crippen molar-refractivity contribution in [3.8, 4) is 11.1 Å². The number of ether oxygens (including phenoxy) is 2. The first-order chi connectivity index (χ1) is 15.5. The van der Waals surface area contributed by atoms with Crippen molar-refractivity contribution >= 4 is 18.0 Å². The molecule has 2 aliphatic rings. The normalized spacial score (nSPS) is 19.1. The van der Waals surface area contributed by atoms with Gasteiger partial charge in [-0.1, -0.05) is 48.5 Å². The summed E-state index contributed by atoms with van der Waals surface area (Å²) in [7, 11) is 0. The SMILES string of the molecule is O=C(CCNC(=O)OCC1c2ccccc2-c2ccccc21)NC[C@H]1C[C@@H](C(=O)O)CO1. The molecule has 1 heterocycles. The topological polar surface area (TPSA) is 114 Å². The fourth-order valence-electron chi connectivity index (χ4n) is 4.26. The molecule has 0 unspecified atom stereocenters. The highest BCUT2D eigenvalue weighted by molar-refractivity contribution is 5.79. The lowest BCUT2D eigenvalue weighted by molar-refractivity contribution is -0.141. The van der Waals surface area contributed by atoms with Crippen LogP contribution in [0.1, 0.15) is 29.9 Å². The van der Waals surface area contributed by atoms with Crippen molar-refractivity contribution in [3.05, 3.63) is 59.7 Å². The van der Waals surface area contributed by atoms with Crippen molar-refractivity contribution in [1.29, 1.82) is 0 Å². The summed E-state index contributed by atoms with van der Waals surface area (Å²) in [4.78, 5) is 35.0. The maximum atomic E-state index is 12.1. The van der Waals surface area contributed by atoms with Gasteiger partial charge in [0.05, 0.1) is 18.6 Å². The Morgan fingerprint density at radius 2 is 1.66 bits per heavy atom. The summed E-state index contributed by atoms with van der Waals surface area (Å²) in [6.45, 7) is 0.786. The molecule has 2 amide bonds. The van der Waals surface area contributed by atoms with E-state index in [-0.39, 0.29) is 50.7 Å². The Morgan fingerprint density at radius 3 is 2.28 bits per heavy atom. The van der Waals surface area contributed by atoms with E-state index < -0.39 is 18.0 Å². The van der Waals surface area contributed by atoms with Gasteiger partial charge in [0.1, 0.15) is 6.61 Å². The minimum Gasteiger partial charge on any atom is -0.481 e. The second kappa shape index (κ2) is 9.82. The average Bonchev–Trinajstić information content (AvgIpc) is 3.40. The summed E-state index contributed by atoms with van der Waals surface area (Å²) in [6, 6.07) is 16.2. The van der Waals surface area contributed by atoms with Crippen LogP contribution in [0, 0.1) is 5.92 Å². The molecule has 32 heavy (non-hydrogen) atoms. The molecule has 4 rings (SSSR count). The van der Waals surface area contributed by atoms with Crippen molar-refractivity contribution < 1.29 is 29.0 Å². The third-order valence-corrected chi connectivity index (χ3v) is 5.92. The molecule has 1 saturated heterocycles. The number of rotatable bonds is 8. The van der Waals surface area contributed by atoms with Crippen molar-refractivity contribution in [3.63, 3.8) is 0 Å². The van der Waals surface area contributed by atoms with E-state index in [2.05, 4.69) is 34.9 Å². The van der Waals surface area contributed by atoms with Gasteiger partial charge in [0.2, 0.25) is 5.91 Å². The molecule has 0 radical (unpaired) electrons. The van der Waals surface area contributed by atoms with Crippen molar-refractivity contribution in [2.24, 2.45) is 5.92 Å². The predicted octanol–water partition coefficient (Wildman–Crippen LogP) is 2.52. The number of hydrogen-bond donors (Lipinski definition) is 3. The Kier molecular flexibility index (Phi) is 6.70. The van der Waals surface area contributed by atoms with Gasteiger partial charge in [-0.15, -0.1) is 0 Å². The highest BCUT2D eigenvalue weighted by atomic mass is 16.5. The Labute approximate surface area is 185 Å². The third-order valence-electron chi connectivity index (χ3n) is 5.92. The van der Waals surface area contributed by atoms with Gasteiger partial charge in [-0.2, -0.15) is 0 Å². The van der Waals surface area contributed by atoms with E-state index in [1.807, 2.05) is 24.3 Å². The smallest absolute Gasteiger partial charge is 0.407 e. The van der Waals surface area contributed by atoms with E-state index in [0.717, 1.165) is 22.3 Å². The molecule has 1 aliphatic carbocycles. The second-order valence-corrected chi connectivity index (χ2v) is 8.03. The average molecular weight is 438 g/mol. The number of amides is 2. The second-order valence-electron chi connectivity index (χ2n) is 8.03. The van der Waals surface area contributed by atoms with Crippen LogP contribution in [0.15, 0.2) is 48.5 Å². The van der Waals surface area contributed by atoms with Crippen LogP contribution >= 0.6 is 0 Å². The fourth-order valence-corrected chi connectivity index (χ4v) is 4.26. The van der Waals surface area contributed by atoms with Crippen molar-refractivity contribution in [1.82, 2.24) is 10.6 Å². The van der Waals surface area contributed by atoms with Gasteiger partial charge in [0, 0.05) is 25.4 Å². The number of carbonyl (C=O) groups excluding carboxylic acids is 2. The maximum absolute atomic E-state index is 12.1. The van der Waals surface area contributed by atoms with Crippen LogP contribution in [-0.2, 0) is 19.1 Å². The number of hydrogen-bond acceptors (Lipinski definition) is 5. The minimum absolute atomic E-state index is 0.0162. The molecule has 0 bridgehead atoms. The standard InChI is InChI=1S/C24H26N2O6/c27-22(26-12-16-11-15(13-31-16)23(28)29)9-10-25-24(30)32-14-21-19-7-3-1-5-17(19)18-6-2-4-8-20(18)21/h1-8,15-16,21H,9-14H2,(H,25,30)(H,26,27)(H,28,29)/t15-,16-/m1/s1. The van der Waals surface area contributed by atoms with E-state index in [9.17, 15) is 14.4 Å². The lowest BCUT2D eigenvalue weighted by Crippen LogP contribution is -2.35. The highest BCUT2D eigenvalue weighted by Crippen LogP contribution is 2.44. The first kappa shape index (κ1) is 21.8. The van der Waals surface area contributed by atoms with Gasteiger partial charge in [-0.05, 0) is 28.7 Å². The van der Waals surface area contributed by atoms with Crippen molar-refractivity contribution in [2.45, 2.75) is 24.9 Å². The number of carboxylic acid groups (broad SMARTS) is 1. The molecule has 1 aliphatic heterocycles. The number of alkyl carbamates (subject to hydrolysis) is 1. The number of carbonyl (C=O) groups is 3. The number of carboxylic acids is 1. The van der Waals surface area contributed by atoms with Gasteiger partial charge < -0.3 is 25.2 Å². The molecule has 2 aromatic rings. The molecule has 0 spiro atoms. The van der Waals surface area contributed by atoms with Gasteiger partial charge in [0.15, 0.2) is 0 Å². The molecule has 2 aromatic carbocycles. The molecule has 168 valence electrons. The first-order valence-electron chi connectivity index (χ1n) is 10.7. The summed E-state index contributed by atoms with van der Waals surface area (Å²) in [5.74, 6) is -1.66. The van der Waals surface area contributed by atoms with E-state index in [1.54, 1.807) is 0 Å². The molecule has 8 heteroatoms. The number of aliphatic carboxylic acids is 1. The van der Waals surface area contributed by atoms with Crippen LogP contribution in [0.3, 0.4) is 0 Å². The van der Waals surface area contributed by atoms with Crippen molar-refractivity contribution in [2.75, 3.05) is 26.3 Å². The van der Waals surface area contributed by atoms with Crippen LogP contribution < -0.4 is 10.6 Å². The summed E-state index contributed by atoms with van der Waals surface area (Å²) in [6.07, 6.45) is -0.384. The summed E-state index contributed by atoms with van der Waals surface area (Å²) < 4.78 is 10.8. The summed E-state index contributed by atoms with van der Waals surface area (Å²) in [5.41, 5.74) is 4.60. The molecular weight excluding hydrogens is 412 g/mol. The Hall–Kier alpha value is -3.39. The molecular formula is C24H26N2O6. The molecule has 1 fully saturated rings. The fraction of sp³-hybridized carbons (Fsp3) is 0.375. The van der Waals surface area contributed by atoms with Gasteiger partial charge in [-0.25, -0.2) is 4.79 Å². The Bertz CT molecular complexity index is 962.